The van der Waals surface area contributed by atoms with Gasteiger partial charge < -0.3 is 11.1 Å². The topological polar surface area (TPSA) is 68.0 Å². The highest BCUT2D eigenvalue weighted by molar-refractivity contribution is 7.09. The van der Waals surface area contributed by atoms with Gasteiger partial charge >= 0.3 is 0 Å². The molecule has 90 valence electrons. The second-order valence-corrected chi connectivity index (χ2v) is 5.22. The molecule has 0 aliphatic rings. The smallest absolute Gasteiger partial charge is 0.237 e. The molecule has 0 saturated carbocycles. The Hall–Kier alpha value is -0.940. The first-order valence-corrected chi connectivity index (χ1v) is 6.27. The highest BCUT2D eigenvalue weighted by Gasteiger charge is 2.20. The molecule has 1 rings (SSSR count). The van der Waals surface area contributed by atoms with Gasteiger partial charge in [-0.3, -0.25) is 4.79 Å². The first kappa shape index (κ1) is 13.1. The maximum atomic E-state index is 11.7. The van der Waals surface area contributed by atoms with E-state index in [1.54, 1.807) is 11.3 Å². The van der Waals surface area contributed by atoms with Crippen molar-refractivity contribution in [2.24, 2.45) is 11.7 Å². The van der Waals surface area contributed by atoms with Gasteiger partial charge in [0.25, 0.3) is 0 Å². The van der Waals surface area contributed by atoms with Gasteiger partial charge in [0.05, 0.1) is 12.1 Å². The van der Waals surface area contributed by atoms with E-state index in [0.717, 1.165) is 10.7 Å². The lowest BCUT2D eigenvalue weighted by Gasteiger charge is -2.18. The van der Waals surface area contributed by atoms with E-state index in [1.807, 2.05) is 33.1 Å². The number of amides is 1. The molecule has 0 bridgehead atoms. The number of nitrogens with two attached hydrogens (primary N) is 1. The van der Waals surface area contributed by atoms with Crippen LogP contribution in [0, 0.1) is 12.8 Å². The number of aryl methyl sites for hydroxylation is 1. The second-order valence-electron chi connectivity index (χ2n) is 4.33. The molecule has 0 spiro atoms. The van der Waals surface area contributed by atoms with Gasteiger partial charge in [0, 0.05) is 11.1 Å². The Morgan fingerprint density at radius 1 is 1.50 bits per heavy atom. The lowest BCUT2D eigenvalue weighted by Crippen LogP contribution is -2.44. The predicted molar refractivity (Wildman–Crippen MR) is 66.2 cm³/mol. The third-order valence-corrected chi connectivity index (χ3v) is 3.53. The SMILES string of the molecule is Cc1csc(C(C)NC(=O)[C@H](N)C(C)C)n1. The second kappa shape index (κ2) is 5.41. The lowest BCUT2D eigenvalue weighted by molar-refractivity contribution is -0.123. The van der Waals surface area contributed by atoms with E-state index in [9.17, 15) is 4.79 Å². The first-order valence-electron chi connectivity index (χ1n) is 5.39. The molecule has 0 radical (unpaired) electrons. The van der Waals surface area contributed by atoms with Crippen molar-refractivity contribution in [3.8, 4) is 0 Å². The molecule has 1 aromatic heterocycles. The van der Waals surface area contributed by atoms with Crippen molar-refractivity contribution in [2.45, 2.75) is 39.8 Å². The minimum atomic E-state index is -0.455. The first-order chi connectivity index (χ1) is 7.41. The molecule has 0 aromatic carbocycles. The van der Waals surface area contributed by atoms with E-state index in [-0.39, 0.29) is 17.9 Å². The number of carbonyl (C=O) groups is 1. The summed E-state index contributed by atoms with van der Waals surface area (Å²) >= 11 is 1.55. The molecular weight excluding hydrogens is 222 g/mol. The van der Waals surface area contributed by atoms with Gasteiger partial charge in [-0.2, -0.15) is 0 Å². The zero-order valence-electron chi connectivity index (χ0n) is 10.2. The molecule has 1 aromatic rings. The van der Waals surface area contributed by atoms with Gasteiger partial charge in [-0.05, 0) is 19.8 Å². The molecule has 16 heavy (non-hydrogen) atoms. The Balaban J connectivity index is 2.58. The molecule has 1 amide bonds. The molecule has 1 unspecified atom stereocenters. The van der Waals surface area contributed by atoms with E-state index in [0.29, 0.717) is 0 Å². The van der Waals surface area contributed by atoms with Gasteiger partial charge in [0.15, 0.2) is 0 Å². The van der Waals surface area contributed by atoms with Gasteiger partial charge in [0.1, 0.15) is 5.01 Å². The average Bonchev–Trinajstić information content (AvgIpc) is 2.63. The van der Waals surface area contributed by atoms with Crippen molar-refractivity contribution in [2.75, 3.05) is 0 Å². The van der Waals surface area contributed by atoms with E-state index in [1.165, 1.54) is 0 Å². The third-order valence-electron chi connectivity index (χ3n) is 2.39. The number of nitrogens with zero attached hydrogens (tertiary/aromatic N) is 1. The van der Waals surface area contributed by atoms with Crippen LogP contribution in [0.2, 0.25) is 0 Å². The summed E-state index contributed by atoms with van der Waals surface area (Å²) in [6.07, 6.45) is 0. The van der Waals surface area contributed by atoms with Crippen LogP contribution in [0.3, 0.4) is 0 Å². The van der Waals surface area contributed by atoms with Gasteiger partial charge in [0.2, 0.25) is 5.91 Å². The fourth-order valence-corrected chi connectivity index (χ4v) is 2.05. The number of rotatable bonds is 4. The van der Waals surface area contributed by atoms with E-state index in [4.69, 9.17) is 5.73 Å². The Morgan fingerprint density at radius 3 is 2.56 bits per heavy atom. The van der Waals surface area contributed by atoms with Crippen LogP contribution in [-0.2, 0) is 4.79 Å². The van der Waals surface area contributed by atoms with Crippen LogP contribution < -0.4 is 11.1 Å². The summed E-state index contributed by atoms with van der Waals surface area (Å²) in [6.45, 7) is 7.72. The molecule has 5 heteroatoms. The number of nitrogens with one attached hydrogen (secondary N) is 1. The Kier molecular flexibility index (Phi) is 4.44. The largest absolute Gasteiger partial charge is 0.346 e. The summed E-state index contributed by atoms with van der Waals surface area (Å²) in [6, 6.07) is -0.528. The molecule has 0 aliphatic heterocycles. The summed E-state index contributed by atoms with van der Waals surface area (Å²) in [5, 5.41) is 5.77. The van der Waals surface area contributed by atoms with Crippen molar-refractivity contribution >= 4 is 17.2 Å². The van der Waals surface area contributed by atoms with Gasteiger partial charge in [-0.25, -0.2) is 4.98 Å². The van der Waals surface area contributed by atoms with E-state index in [2.05, 4.69) is 10.3 Å². The summed E-state index contributed by atoms with van der Waals surface area (Å²) in [5.74, 6) is 0.0283. The van der Waals surface area contributed by atoms with Crippen molar-refractivity contribution in [1.29, 1.82) is 0 Å². The molecule has 2 atom stereocenters. The minimum Gasteiger partial charge on any atom is -0.346 e. The zero-order chi connectivity index (χ0) is 12.3. The predicted octanol–water partition coefficient (Wildman–Crippen LogP) is 1.61. The van der Waals surface area contributed by atoms with Gasteiger partial charge in [-0.15, -0.1) is 11.3 Å². The quantitative estimate of drug-likeness (QED) is 0.841. The van der Waals surface area contributed by atoms with Crippen LogP contribution in [0.5, 0.6) is 0 Å². The molecule has 3 N–H and O–H groups in total. The maximum absolute atomic E-state index is 11.7. The standard InChI is InChI=1S/C11H19N3OS/c1-6(2)9(12)10(15)14-8(4)11-13-7(3)5-16-11/h5-6,8-9H,12H2,1-4H3,(H,14,15)/t8?,9-/m1/s1. The molecule has 0 aliphatic carbocycles. The minimum absolute atomic E-state index is 0.0731. The number of hydrogen-bond acceptors (Lipinski definition) is 4. The number of aromatic nitrogens is 1. The highest BCUT2D eigenvalue weighted by Crippen LogP contribution is 2.17. The van der Waals surface area contributed by atoms with E-state index >= 15 is 0 Å². The van der Waals surface area contributed by atoms with E-state index < -0.39 is 6.04 Å². The Morgan fingerprint density at radius 2 is 2.12 bits per heavy atom. The normalized spacial score (nSPS) is 14.9. The van der Waals surface area contributed by atoms with Crippen molar-refractivity contribution in [1.82, 2.24) is 10.3 Å². The van der Waals surface area contributed by atoms with Crippen LogP contribution in [0.4, 0.5) is 0 Å². The number of thiazole rings is 1. The fourth-order valence-electron chi connectivity index (χ4n) is 1.25. The Labute approximate surface area is 100 Å². The fraction of sp³-hybridized carbons (Fsp3) is 0.636. The Bertz CT molecular complexity index is 362. The molecule has 0 saturated heterocycles. The molecule has 1 heterocycles. The zero-order valence-corrected chi connectivity index (χ0v) is 11.0. The monoisotopic (exact) mass is 241 g/mol. The van der Waals surface area contributed by atoms with Crippen molar-refractivity contribution < 1.29 is 4.79 Å². The van der Waals surface area contributed by atoms with Crippen molar-refractivity contribution in [3.63, 3.8) is 0 Å². The van der Waals surface area contributed by atoms with Crippen LogP contribution in [0.15, 0.2) is 5.38 Å². The molecular formula is C11H19N3OS. The number of hydrogen-bond donors (Lipinski definition) is 2. The van der Waals surface area contributed by atoms with Crippen LogP contribution in [0.1, 0.15) is 37.5 Å². The third kappa shape index (κ3) is 3.28. The van der Waals surface area contributed by atoms with Crippen LogP contribution in [0.25, 0.3) is 0 Å². The summed E-state index contributed by atoms with van der Waals surface area (Å²) in [5.41, 5.74) is 6.74. The summed E-state index contributed by atoms with van der Waals surface area (Å²) in [4.78, 5) is 16.0. The molecule has 4 nitrogen and oxygen atoms in total. The maximum Gasteiger partial charge on any atom is 0.237 e. The molecule has 0 fully saturated rings. The summed E-state index contributed by atoms with van der Waals surface area (Å²) in [7, 11) is 0. The van der Waals surface area contributed by atoms with Gasteiger partial charge in [-0.1, -0.05) is 13.8 Å². The van der Waals surface area contributed by atoms with Crippen LogP contribution >= 0.6 is 11.3 Å². The number of carbonyl (C=O) groups excluding carboxylic acids is 1. The van der Waals surface area contributed by atoms with Crippen LogP contribution in [-0.4, -0.2) is 16.9 Å². The summed E-state index contributed by atoms with van der Waals surface area (Å²) < 4.78 is 0. The lowest BCUT2D eigenvalue weighted by atomic mass is 10.0. The highest BCUT2D eigenvalue weighted by atomic mass is 32.1. The van der Waals surface area contributed by atoms with Crippen molar-refractivity contribution in [3.05, 3.63) is 16.1 Å². The average molecular weight is 241 g/mol.